The highest BCUT2D eigenvalue weighted by molar-refractivity contribution is 5.50. The Kier molecular flexibility index (Phi) is 3.31. The third-order valence-electron chi connectivity index (χ3n) is 4.31. The summed E-state index contributed by atoms with van der Waals surface area (Å²) in [5.41, 5.74) is 0. The number of rotatable bonds is 2. The molecule has 3 heterocycles. The van der Waals surface area contributed by atoms with Crippen LogP contribution < -0.4 is 10.2 Å². The highest BCUT2D eigenvalue weighted by Gasteiger charge is 2.35. The number of fused-ring (bicyclic) bond motifs is 1. The summed E-state index contributed by atoms with van der Waals surface area (Å²) in [5.74, 6) is 2.81. The Morgan fingerprint density at radius 2 is 2.16 bits per heavy atom. The minimum absolute atomic E-state index is 0.522. The second-order valence-corrected chi connectivity index (χ2v) is 5.70. The zero-order valence-corrected chi connectivity index (χ0v) is 12.1. The molecule has 5 nitrogen and oxygen atoms in total. The van der Waals surface area contributed by atoms with E-state index in [0.29, 0.717) is 12.1 Å². The van der Waals surface area contributed by atoms with Gasteiger partial charge in [-0.3, -0.25) is 4.90 Å². The van der Waals surface area contributed by atoms with Crippen molar-refractivity contribution in [2.75, 3.05) is 36.9 Å². The molecule has 2 unspecified atom stereocenters. The molecule has 2 fully saturated rings. The fourth-order valence-corrected chi connectivity index (χ4v) is 3.33. The minimum atomic E-state index is 0.522. The Bertz CT molecular complexity index is 461. The molecule has 2 aliphatic heterocycles. The average molecular weight is 261 g/mol. The van der Waals surface area contributed by atoms with Crippen molar-refractivity contribution in [3.05, 3.63) is 11.9 Å². The maximum atomic E-state index is 4.63. The molecule has 1 N–H and O–H groups in total. The van der Waals surface area contributed by atoms with Crippen molar-refractivity contribution in [3.8, 4) is 0 Å². The molecule has 0 amide bonds. The molecule has 5 heteroatoms. The molecular formula is C14H23N5. The Labute approximate surface area is 115 Å². The van der Waals surface area contributed by atoms with Crippen LogP contribution in [0.25, 0.3) is 0 Å². The predicted molar refractivity (Wildman–Crippen MR) is 77.7 cm³/mol. The van der Waals surface area contributed by atoms with Crippen LogP contribution in [0.1, 0.15) is 25.6 Å². The molecule has 0 aromatic carbocycles. The van der Waals surface area contributed by atoms with E-state index in [1.165, 1.54) is 19.4 Å². The van der Waals surface area contributed by atoms with Crippen LogP contribution in [0.5, 0.6) is 0 Å². The van der Waals surface area contributed by atoms with E-state index in [4.69, 9.17) is 0 Å². The van der Waals surface area contributed by atoms with Gasteiger partial charge in [-0.05, 0) is 33.2 Å². The number of hydrogen-bond donors (Lipinski definition) is 1. The van der Waals surface area contributed by atoms with E-state index in [1.807, 2.05) is 14.0 Å². The highest BCUT2D eigenvalue weighted by atomic mass is 15.3. The van der Waals surface area contributed by atoms with Gasteiger partial charge in [-0.25, -0.2) is 9.97 Å². The first-order chi connectivity index (χ1) is 9.17. The lowest BCUT2D eigenvalue weighted by Crippen LogP contribution is -2.55. The fourth-order valence-electron chi connectivity index (χ4n) is 3.33. The normalized spacial score (nSPS) is 27.4. The topological polar surface area (TPSA) is 44.3 Å². The molecule has 0 saturated carbocycles. The molecule has 0 spiro atoms. The Morgan fingerprint density at radius 1 is 1.32 bits per heavy atom. The van der Waals surface area contributed by atoms with Gasteiger partial charge in [-0.2, -0.15) is 0 Å². The van der Waals surface area contributed by atoms with E-state index in [-0.39, 0.29) is 0 Å². The molecule has 0 bridgehead atoms. The lowest BCUT2D eigenvalue weighted by atomic mass is 10.1. The number of hydrogen-bond acceptors (Lipinski definition) is 5. The number of nitrogens with one attached hydrogen (secondary N) is 1. The maximum Gasteiger partial charge on any atom is 0.134 e. The summed E-state index contributed by atoms with van der Waals surface area (Å²) in [7, 11) is 1.91. The minimum Gasteiger partial charge on any atom is -0.373 e. The summed E-state index contributed by atoms with van der Waals surface area (Å²) < 4.78 is 0. The summed E-state index contributed by atoms with van der Waals surface area (Å²) in [6.45, 7) is 7.78. The molecule has 2 atom stereocenters. The van der Waals surface area contributed by atoms with E-state index in [1.54, 1.807) is 0 Å². The zero-order chi connectivity index (χ0) is 13.4. The number of nitrogens with zero attached hydrogens (tertiary/aromatic N) is 4. The van der Waals surface area contributed by atoms with E-state index >= 15 is 0 Å². The van der Waals surface area contributed by atoms with Crippen LogP contribution in [0.2, 0.25) is 0 Å². The van der Waals surface area contributed by atoms with Crippen molar-refractivity contribution >= 4 is 11.6 Å². The van der Waals surface area contributed by atoms with Gasteiger partial charge in [-0.1, -0.05) is 0 Å². The highest BCUT2D eigenvalue weighted by Crippen LogP contribution is 2.28. The van der Waals surface area contributed by atoms with Crippen molar-refractivity contribution in [3.63, 3.8) is 0 Å². The zero-order valence-electron chi connectivity index (χ0n) is 12.1. The van der Waals surface area contributed by atoms with Crippen molar-refractivity contribution in [1.29, 1.82) is 0 Å². The second kappa shape index (κ2) is 4.96. The molecule has 1 aromatic heterocycles. The number of piperazine rings is 1. The molecule has 0 aliphatic carbocycles. The molecule has 104 valence electrons. The van der Waals surface area contributed by atoms with Gasteiger partial charge >= 0.3 is 0 Å². The largest absolute Gasteiger partial charge is 0.373 e. The van der Waals surface area contributed by atoms with Gasteiger partial charge in [0.05, 0.1) is 0 Å². The van der Waals surface area contributed by atoms with Gasteiger partial charge in [0.25, 0.3) is 0 Å². The van der Waals surface area contributed by atoms with Crippen LogP contribution in [0.15, 0.2) is 6.07 Å². The van der Waals surface area contributed by atoms with Gasteiger partial charge in [0.2, 0.25) is 0 Å². The SMILES string of the molecule is CNc1cc(N2CC3CCCN3CC2C)nc(C)n1. The molecule has 0 radical (unpaired) electrons. The van der Waals surface area contributed by atoms with Crippen LogP contribution in [0.4, 0.5) is 11.6 Å². The Hall–Kier alpha value is -1.36. The second-order valence-electron chi connectivity index (χ2n) is 5.70. The molecule has 2 saturated heterocycles. The lowest BCUT2D eigenvalue weighted by Gasteiger charge is -2.43. The number of anilines is 2. The van der Waals surface area contributed by atoms with Gasteiger partial charge in [0.15, 0.2) is 0 Å². The smallest absolute Gasteiger partial charge is 0.134 e. The summed E-state index contributed by atoms with van der Waals surface area (Å²) in [6, 6.07) is 3.30. The van der Waals surface area contributed by atoms with Crippen LogP contribution in [0, 0.1) is 6.92 Å². The lowest BCUT2D eigenvalue weighted by molar-refractivity contribution is 0.202. The molecule has 19 heavy (non-hydrogen) atoms. The summed E-state index contributed by atoms with van der Waals surface area (Å²) >= 11 is 0. The average Bonchev–Trinajstić information content (AvgIpc) is 2.84. The van der Waals surface area contributed by atoms with E-state index in [2.05, 4.69) is 38.1 Å². The third-order valence-corrected chi connectivity index (χ3v) is 4.31. The van der Waals surface area contributed by atoms with Gasteiger partial charge in [0.1, 0.15) is 17.5 Å². The van der Waals surface area contributed by atoms with E-state index in [0.717, 1.165) is 30.5 Å². The quantitative estimate of drug-likeness (QED) is 0.874. The molecule has 2 aliphatic rings. The van der Waals surface area contributed by atoms with Crippen LogP contribution >= 0.6 is 0 Å². The Morgan fingerprint density at radius 3 is 2.95 bits per heavy atom. The summed E-state index contributed by atoms with van der Waals surface area (Å²) in [4.78, 5) is 14.1. The van der Waals surface area contributed by atoms with E-state index in [9.17, 15) is 0 Å². The maximum absolute atomic E-state index is 4.63. The van der Waals surface area contributed by atoms with E-state index < -0.39 is 0 Å². The molecule has 1 aromatic rings. The van der Waals surface area contributed by atoms with Gasteiger partial charge in [0, 0.05) is 38.3 Å². The fraction of sp³-hybridized carbons (Fsp3) is 0.714. The van der Waals surface area contributed by atoms with Gasteiger partial charge in [-0.15, -0.1) is 0 Å². The first kappa shape index (κ1) is 12.7. The predicted octanol–water partition coefficient (Wildman–Crippen LogP) is 1.50. The van der Waals surface area contributed by atoms with Crippen molar-refractivity contribution in [2.24, 2.45) is 0 Å². The number of aryl methyl sites for hydroxylation is 1. The van der Waals surface area contributed by atoms with Gasteiger partial charge < -0.3 is 10.2 Å². The third kappa shape index (κ3) is 2.39. The number of aromatic nitrogens is 2. The molecule has 3 rings (SSSR count). The summed E-state index contributed by atoms with van der Waals surface area (Å²) in [5, 5.41) is 3.12. The Balaban J connectivity index is 1.86. The van der Waals surface area contributed by atoms with Crippen LogP contribution in [0.3, 0.4) is 0 Å². The first-order valence-electron chi connectivity index (χ1n) is 7.21. The van der Waals surface area contributed by atoms with Crippen LogP contribution in [-0.2, 0) is 0 Å². The summed E-state index contributed by atoms with van der Waals surface area (Å²) in [6.07, 6.45) is 2.67. The molecular weight excluding hydrogens is 238 g/mol. The van der Waals surface area contributed by atoms with Crippen LogP contribution in [-0.4, -0.2) is 53.6 Å². The van der Waals surface area contributed by atoms with Crippen molar-refractivity contribution < 1.29 is 0 Å². The standard InChI is InChI=1S/C14H23N5/c1-10-8-18-6-4-5-12(18)9-19(10)14-7-13(15-3)16-11(2)17-14/h7,10,12H,4-6,8-9H2,1-3H3,(H,15,16,17). The first-order valence-corrected chi connectivity index (χ1v) is 7.21. The van der Waals surface area contributed by atoms with Crippen molar-refractivity contribution in [1.82, 2.24) is 14.9 Å². The van der Waals surface area contributed by atoms with Crippen molar-refractivity contribution in [2.45, 2.75) is 38.8 Å². The monoisotopic (exact) mass is 261 g/mol.